The van der Waals surface area contributed by atoms with Crippen LogP contribution >= 0.6 is 0 Å². The van der Waals surface area contributed by atoms with Crippen LogP contribution in [0.25, 0.3) is 17.0 Å². The van der Waals surface area contributed by atoms with E-state index in [1.54, 1.807) is 38.5 Å². The number of nitrogens with zero attached hydrogens (tertiary/aromatic N) is 3. The van der Waals surface area contributed by atoms with Crippen molar-refractivity contribution in [3.63, 3.8) is 0 Å². The number of hydrogen-bond donors (Lipinski definition) is 1. The van der Waals surface area contributed by atoms with Crippen LogP contribution in [0, 0.1) is 6.92 Å². The first kappa shape index (κ1) is 22.1. The number of carbonyl (C=O) groups excluding carboxylic acids is 1. The van der Waals surface area contributed by atoms with Gasteiger partial charge in [-0.05, 0) is 55.7 Å². The van der Waals surface area contributed by atoms with E-state index in [-0.39, 0.29) is 11.6 Å². The Labute approximate surface area is 192 Å². The second-order valence-electron chi connectivity index (χ2n) is 7.52. The monoisotopic (exact) mass is 446 g/mol. The van der Waals surface area contributed by atoms with Crippen molar-refractivity contribution in [1.82, 2.24) is 20.3 Å². The number of methoxy groups -OCH3 is 2. The van der Waals surface area contributed by atoms with Crippen molar-refractivity contribution in [3.8, 4) is 28.5 Å². The summed E-state index contributed by atoms with van der Waals surface area (Å²) in [5.74, 6) is 1.40. The van der Waals surface area contributed by atoms with Crippen molar-refractivity contribution in [2.75, 3.05) is 20.8 Å². The SMILES string of the molecule is COc1ccc(OC)c(-c2cc(C(=O)NCCCc3cn(-c4ccccc4)nc3C)no2)c1. The van der Waals surface area contributed by atoms with Crippen molar-refractivity contribution >= 4 is 5.91 Å². The number of amides is 1. The van der Waals surface area contributed by atoms with Crippen LogP contribution in [0.15, 0.2) is 65.3 Å². The summed E-state index contributed by atoms with van der Waals surface area (Å²) in [7, 11) is 3.15. The maximum atomic E-state index is 12.5. The van der Waals surface area contributed by atoms with E-state index in [1.165, 1.54) is 0 Å². The van der Waals surface area contributed by atoms with Gasteiger partial charge in [0.1, 0.15) is 11.5 Å². The van der Waals surface area contributed by atoms with Crippen LogP contribution in [0.4, 0.5) is 0 Å². The van der Waals surface area contributed by atoms with Crippen LogP contribution in [-0.2, 0) is 6.42 Å². The van der Waals surface area contributed by atoms with Crippen molar-refractivity contribution in [1.29, 1.82) is 0 Å². The van der Waals surface area contributed by atoms with Gasteiger partial charge in [0.2, 0.25) is 0 Å². The lowest BCUT2D eigenvalue weighted by atomic mass is 10.1. The molecule has 4 aromatic rings. The summed E-state index contributed by atoms with van der Waals surface area (Å²) in [6, 6.07) is 16.9. The zero-order valence-corrected chi connectivity index (χ0v) is 18.9. The average Bonchev–Trinajstić information content (AvgIpc) is 3.49. The molecule has 0 unspecified atom stereocenters. The van der Waals surface area contributed by atoms with E-state index in [0.717, 1.165) is 29.8 Å². The van der Waals surface area contributed by atoms with E-state index >= 15 is 0 Å². The first-order chi connectivity index (χ1) is 16.1. The van der Waals surface area contributed by atoms with Gasteiger partial charge in [-0.15, -0.1) is 0 Å². The zero-order valence-electron chi connectivity index (χ0n) is 18.9. The number of carbonyl (C=O) groups is 1. The van der Waals surface area contributed by atoms with Crippen LogP contribution < -0.4 is 14.8 Å². The Morgan fingerprint density at radius 3 is 2.67 bits per heavy atom. The maximum Gasteiger partial charge on any atom is 0.273 e. The van der Waals surface area contributed by atoms with Crippen molar-refractivity contribution in [2.45, 2.75) is 19.8 Å². The number of ether oxygens (including phenoxy) is 2. The quantitative estimate of drug-likeness (QED) is 0.387. The largest absolute Gasteiger partial charge is 0.497 e. The molecule has 33 heavy (non-hydrogen) atoms. The highest BCUT2D eigenvalue weighted by Crippen LogP contribution is 2.33. The Morgan fingerprint density at radius 2 is 1.91 bits per heavy atom. The van der Waals surface area contributed by atoms with Gasteiger partial charge in [0.15, 0.2) is 11.5 Å². The number of nitrogens with one attached hydrogen (secondary N) is 1. The molecule has 8 heteroatoms. The maximum absolute atomic E-state index is 12.5. The summed E-state index contributed by atoms with van der Waals surface area (Å²) in [5, 5.41) is 11.4. The fourth-order valence-corrected chi connectivity index (χ4v) is 3.54. The highest BCUT2D eigenvalue weighted by atomic mass is 16.5. The molecule has 0 fully saturated rings. The minimum Gasteiger partial charge on any atom is -0.497 e. The lowest BCUT2D eigenvalue weighted by molar-refractivity contribution is 0.0944. The van der Waals surface area contributed by atoms with Gasteiger partial charge >= 0.3 is 0 Å². The van der Waals surface area contributed by atoms with Crippen LogP contribution in [0.1, 0.15) is 28.2 Å². The Bertz CT molecular complexity index is 1230. The predicted molar refractivity (Wildman–Crippen MR) is 124 cm³/mol. The van der Waals surface area contributed by atoms with E-state index in [0.29, 0.717) is 29.4 Å². The van der Waals surface area contributed by atoms with Gasteiger partial charge in [-0.2, -0.15) is 5.10 Å². The molecule has 2 aromatic carbocycles. The normalized spacial score (nSPS) is 10.8. The molecule has 0 radical (unpaired) electrons. The third kappa shape index (κ3) is 5.06. The Morgan fingerprint density at radius 1 is 1.09 bits per heavy atom. The second kappa shape index (κ2) is 10.0. The fourth-order valence-electron chi connectivity index (χ4n) is 3.54. The number of aryl methyl sites for hydroxylation is 2. The van der Waals surface area contributed by atoms with Crippen LogP contribution in [0.3, 0.4) is 0 Å². The van der Waals surface area contributed by atoms with Crippen molar-refractivity contribution in [3.05, 3.63) is 77.7 Å². The highest BCUT2D eigenvalue weighted by Gasteiger charge is 2.17. The second-order valence-corrected chi connectivity index (χ2v) is 7.52. The first-order valence-corrected chi connectivity index (χ1v) is 10.7. The number of hydrogen-bond acceptors (Lipinski definition) is 6. The van der Waals surface area contributed by atoms with Crippen LogP contribution in [0.5, 0.6) is 11.5 Å². The first-order valence-electron chi connectivity index (χ1n) is 10.7. The van der Waals surface area contributed by atoms with E-state index in [2.05, 4.69) is 15.6 Å². The molecule has 0 saturated heterocycles. The number of para-hydroxylation sites is 1. The predicted octanol–water partition coefficient (Wildman–Crippen LogP) is 4.22. The molecule has 170 valence electrons. The number of aromatic nitrogens is 3. The fraction of sp³-hybridized carbons (Fsp3) is 0.240. The van der Waals surface area contributed by atoms with Crippen LogP contribution in [0.2, 0.25) is 0 Å². The molecular weight excluding hydrogens is 420 g/mol. The van der Waals surface area contributed by atoms with Gasteiger partial charge in [-0.25, -0.2) is 4.68 Å². The number of rotatable bonds is 9. The van der Waals surface area contributed by atoms with Gasteiger partial charge < -0.3 is 19.3 Å². The third-order valence-corrected chi connectivity index (χ3v) is 5.34. The molecule has 0 bridgehead atoms. The van der Waals surface area contributed by atoms with Gasteiger partial charge in [-0.1, -0.05) is 23.4 Å². The topological polar surface area (TPSA) is 91.4 Å². The molecule has 2 aromatic heterocycles. The molecule has 0 saturated carbocycles. The Hall–Kier alpha value is -4.07. The minimum atomic E-state index is -0.288. The smallest absolute Gasteiger partial charge is 0.273 e. The lowest BCUT2D eigenvalue weighted by Gasteiger charge is -2.07. The Kier molecular flexibility index (Phi) is 6.73. The van der Waals surface area contributed by atoms with E-state index in [4.69, 9.17) is 14.0 Å². The van der Waals surface area contributed by atoms with Crippen molar-refractivity contribution < 1.29 is 18.8 Å². The minimum absolute atomic E-state index is 0.211. The van der Waals surface area contributed by atoms with Gasteiger partial charge in [0, 0.05) is 18.8 Å². The zero-order chi connectivity index (χ0) is 23.2. The summed E-state index contributed by atoms with van der Waals surface area (Å²) in [4.78, 5) is 12.5. The summed E-state index contributed by atoms with van der Waals surface area (Å²) >= 11 is 0. The van der Waals surface area contributed by atoms with Gasteiger partial charge in [0.25, 0.3) is 5.91 Å². The molecular formula is C25H26N4O4. The lowest BCUT2D eigenvalue weighted by Crippen LogP contribution is -2.25. The molecule has 1 N–H and O–H groups in total. The summed E-state index contributed by atoms with van der Waals surface area (Å²) in [5.41, 5.74) is 4.03. The molecule has 0 spiro atoms. The average molecular weight is 447 g/mol. The molecule has 0 atom stereocenters. The standard InChI is InChI=1S/C25H26N4O4/c1-17-18(16-29(27-17)19-9-5-4-6-10-19)8-7-13-26-25(30)22-15-24(33-28-22)21-14-20(31-2)11-12-23(21)32-3/h4-6,9-12,14-16H,7-8,13H2,1-3H3,(H,26,30). The van der Waals surface area contributed by atoms with E-state index < -0.39 is 0 Å². The molecule has 4 rings (SSSR count). The van der Waals surface area contributed by atoms with E-state index in [9.17, 15) is 4.79 Å². The van der Waals surface area contributed by atoms with Gasteiger partial charge in [0.05, 0.1) is 31.2 Å². The highest BCUT2D eigenvalue weighted by molar-refractivity contribution is 5.93. The van der Waals surface area contributed by atoms with Gasteiger partial charge in [-0.3, -0.25) is 4.79 Å². The molecule has 0 aliphatic heterocycles. The van der Waals surface area contributed by atoms with Crippen LogP contribution in [-0.4, -0.2) is 41.6 Å². The molecule has 1 amide bonds. The van der Waals surface area contributed by atoms with E-state index in [1.807, 2.05) is 48.1 Å². The molecule has 2 heterocycles. The molecule has 0 aliphatic carbocycles. The summed E-state index contributed by atoms with van der Waals surface area (Å²) in [6.45, 7) is 2.51. The summed E-state index contributed by atoms with van der Waals surface area (Å²) in [6.07, 6.45) is 3.63. The Balaban J connectivity index is 1.34. The van der Waals surface area contributed by atoms with Crippen molar-refractivity contribution in [2.24, 2.45) is 0 Å². The summed E-state index contributed by atoms with van der Waals surface area (Å²) < 4.78 is 17.9. The number of benzene rings is 2. The molecule has 8 nitrogen and oxygen atoms in total. The third-order valence-electron chi connectivity index (χ3n) is 5.34. The molecule has 0 aliphatic rings.